The molecule has 2 atom stereocenters. The number of hydrogen-bond acceptors (Lipinski definition) is 4. The second kappa shape index (κ2) is 9.58. The fourth-order valence-corrected chi connectivity index (χ4v) is 5.59. The molecule has 0 amide bonds. The van der Waals surface area contributed by atoms with E-state index in [0.717, 1.165) is 17.1 Å². The minimum Gasteiger partial charge on any atom is -0.469 e. The molecule has 1 aromatic carbocycles. The highest BCUT2D eigenvalue weighted by molar-refractivity contribution is 7.80. The second-order valence-corrected chi connectivity index (χ2v) is 9.44. The number of methoxy groups -OCH3 is 1. The molecule has 0 unspecified atom stereocenters. The van der Waals surface area contributed by atoms with E-state index in [4.69, 9.17) is 17.0 Å². The first kappa shape index (κ1) is 24.0. The zero-order valence-corrected chi connectivity index (χ0v) is 21.5. The first-order valence-electron chi connectivity index (χ1n) is 11.5. The van der Waals surface area contributed by atoms with Crippen LogP contribution in [0.3, 0.4) is 0 Å². The van der Waals surface area contributed by atoms with Crippen LogP contribution in [0.5, 0.6) is 0 Å². The molecule has 1 aliphatic rings. The summed E-state index contributed by atoms with van der Waals surface area (Å²) in [5, 5.41) is 4.09. The maximum atomic E-state index is 12.0. The lowest BCUT2D eigenvalue weighted by Gasteiger charge is -2.28. The van der Waals surface area contributed by atoms with Gasteiger partial charge in [0.1, 0.15) is 0 Å². The molecule has 7 heteroatoms. The van der Waals surface area contributed by atoms with Crippen molar-refractivity contribution in [3.05, 3.63) is 81.9 Å². The maximum absolute atomic E-state index is 12.0. The number of nitrogens with zero attached hydrogens (tertiary/aromatic N) is 3. The van der Waals surface area contributed by atoms with E-state index in [9.17, 15) is 4.79 Å². The number of pyridine rings is 1. The number of nitrogens with one attached hydrogen (secondary N) is 1. The van der Waals surface area contributed by atoms with Crippen LogP contribution in [0.1, 0.15) is 57.8 Å². The van der Waals surface area contributed by atoms with Gasteiger partial charge in [-0.2, -0.15) is 0 Å². The molecule has 3 heterocycles. The molecule has 1 aliphatic heterocycles. The van der Waals surface area contributed by atoms with E-state index in [1.54, 1.807) is 6.20 Å². The zero-order valence-electron chi connectivity index (χ0n) is 20.7. The summed E-state index contributed by atoms with van der Waals surface area (Å²) in [5.74, 6) is -0.251. The van der Waals surface area contributed by atoms with Crippen LogP contribution in [0.25, 0.3) is 5.69 Å². The third-order valence-corrected chi connectivity index (χ3v) is 6.98. The van der Waals surface area contributed by atoms with E-state index >= 15 is 0 Å². The van der Waals surface area contributed by atoms with Crippen LogP contribution in [0, 0.1) is 34.6 Å². The van der Waals surface area contributed by atoms with Crippen molar-refractivity contribution in [1.29, 1.82) is 0 Å². The number of aryl methyl sites for hydroxylation is 4. The van der Waals surface area contributed by atoms with Gasteiger partial charge in [-0.25, -0.2) is 0 Å². The lowest BCUT2D eigenvalue weighted by Crippen LogP contribution is -2.32. The van der Waals surface area contributed by atoms with Crippen molar-refractivity contribution in [2.24, 2.45) is 0 Å². The fourth-order valence-electron chi connectivity index (χ4n) is 5.25. The quantitative estimate of drug-likeness (QED) is 0.401. The fraction of sp³-hybridized carbons (Fsp3) is 0.370. The van der Waals surface area contributed by atoms with E-state index in [2.05, 4.69) is 72.6 Å². The van der Waals surface area contributed by atoms with Gasteiger partial charge in [-0.05, 0) is 81.7 Å². The monoisotopic (exact) mass is 476 g/mol. The number of ether oxygens (including phenoxy) is 1. The number of carbonyl (C=O) groups is 1. The summed E-state index contributed by atoms with van der Waals surface area (Å²) in [6.07, 6.45) is 2.06. The van der Waals surface area contributed by atoms with Gasteiger partial charge in [0.25, 0.3) is 0 Å². The Morgan fingerprint density at radius 2 is 1.82 bits per heavy atom. The molecule has 1 fully saturated rings. The lowest BCUT2D eigenvalue weighted by atomic mass is 9.96. The van der Waals surface area contributed by atoms with Crippen LogP contribution in [0.4, 0.5) is 0 Å². The van der Waals surface area contributed by atoms with E-state index in [1.807, 2.05) is 18.2 Å². The molecule has 0 aliphatic carbocycles. The Kier molecular flexibility index (Phi) is 6.75. The molecule has 3 aromatic rings. The third kappa shape index (κ3) is 4.32. The predicted molar refractivity (Wildman–Crippen MR) is 138 cm³/mol. The molecule has 4 rings (SSSR count). The Labute approximate surface area is 207 Å². The molecule has 34 heavy (non-hydrogen) atoms. The summed E-state index contributed by atoms with van der Waals surface area (Å²) in [5.41, 5.74) is 9.38. The van der Waals surface area contributed by atoms with Gasteiger partial charge >= 0.3 is 5.97 Å². The number of aromatic nitrogens is 2. The van der Waals surface area contributed by atoms with Crippen LogP contribution in [0.2, 0.25) is 0 Å². The standard InChI is InChI=1S/C27H32N4O2S/c1-16-13-17(2)25(18(3)14-16)31-19(4)15-21(20(31)5)26-24(22-9-7-8-11-28-22)29-27(34)30(26)12-10-23(32)33-6/h7-9,11,13-15,24,26H,10,12H2,1-6H3,(H,29,34)/t24-,26+/m0/s1. The summed E-state index contributed by atoms with van der Waals surface area (Å²) in [6, 6.07) is 12.4. The Morgan fingerprint density at radius 3 is 2.44 bits per heavy atom. The van der Waals surface area contributed by atoms with E-state index < -0.39 is 0 Å². The van der Waals surface area contributed by atoms with Gasteiger partial charge in [-0.1, -0.05) is 23.8 Å². The first-order chi connectivity index (χ1) is 16.2. The van der Waals surface area contributed by atoms with Crippen LogP contribution in [-0.2, 0) is 9.53 Å². The Bertz CT molecular complexity index is 1210. The van der Waals surface area contributed by atoms with Crippen molar-refractivity contribution < 1.29 is 9.53 Å². The zero-order chi connectivity index (χ0) is 24.6. The van der Waals surface area contributed by atoms with Crippen molar-refractivity contribution in [2.75, 3.05) is 13.7 Å². The predicted octanol–water partition coefficient (Wildman–Crippen LogP) is 4.95. The van der Waals surface area contributed by atoms with Crippen LogP contribution >= 0.6 is 12.2 Å². The summed E-state index contributed by atoms with van der Waals surface area (Å²) in [6.45, 7) is 11.2. The van der Waals surface area contributed by atoms with Crippen molar-refractivity contribution in [2.45, 2.75) is 53.1 Å². The van der Waals surface area contributed by atoms with Gasteiger partial charge in [0.2, 0.25) is 0 Å². The van der Waals surface area contributed by atoms with Crippen molar-refractivity contribution in [3.8, 4) is 5.69 Å². The van der Waals surface area contributed by atoms with Crippen molar-refractivity contribution in [1.82, 2.24) is 19.8 Å². The molecule has 0 spiro atoms. The number of esters is 1. The first-order valence-corrected chi connectivity index (χ1v) is 12.0. The van der Waals surface area contributed by atoms with E-state index in [1.165, 1.54) is 35.1 Å². The number of hydrogen-bond donors (Lipinski definition) is 1. The van der Waals surface area contributed by atoms with Crippen molar-refractivity contribution >= 4 is 23.3 Å². The number of rotatable bonds is 6. The SMILES string of the molecule is COC(=O)CCN1C(=S)N[C@@H](c2ccccn2)[C@H]1c1cc(C)n(-c2c(C)cc(C)cc2C)c1C. The molecule has 0 bridgehead atoms. The Balaban J connectivity index is 1.84. The topological polar surface area (TPSA) is 59.4 Å². The maximum Gasteiger partial charge on any atom is 0.307 e. The minimum absolute atomic E-state index is 0.0990. The summed E-state index contributed by atoms with van der Waals surface area (Å²) in [4.78, 5) is 18.7. The highest BCUT2D eigenvalue weighted by Crippen LogP contribution is 2.42. The van der Waals surface area contributed by atoms with Gasteiger partial charge in [0, 0.05) is 24.1 Å². The van der Waals surface area contributed by atoms with Gasteiger partial charge in [-0.3, -0.25) is 9.78 Å². The number of carbonyl (C=O) groups excluding carboxylic acids is 1. The minimum atomic E-state index is -0.251. The molecular weight excluding hydrogens is 444 g/mol. The van der Waals surface area contributed by atoms with Crippen LogP contribution < -0.4 is 5.32 Å². The average molecular weight is 477 g/mol. The third-order valence-electron chi connectivity index (χ3n) is 6.63. The number of thiocarbonyl (C=S) groups is 1. The van der Waals surface area contributed by atoms with Crippen LogP contribution in [0.15, 0.2) is 42.6 Å². The average Bonchev–Trinajstić information content (AvgIpc) is 3.28. The molecule has 1 N–H and O–H groups in total. The van der Waals surface area contributed by atoms with Gasteiger partial charge < -0.3 is 19.5 Å². The summed E-state index contributed by atoms with van der Waals surface area (Å²) >= 11 is 5.74. The molecular formula is C27H32N4O2S. The molecule has 0 radical (unpaired) electrons. The Hall–Kier alpha value is -3.19. The molecule has 6 nitrogen and oxygen atoms in total. The molecule has 2 aromatic heterocycles. The van der Waals surface area contributed by atoms with Gasteiger partial charge in [0.05, 0.1) is 37.0 Å². The molecule has 0 saturated carbocycles. The normalized spacial score (nSPS) is 17.7. The molecule has 178 valence electrons. The van der Waals surface area contributed by atoms with Gasteiger partial charge in [0.15, 0.2) is 5.11 Å². The van der Waals surface area contributed by atoms with E-state index in [0.29, 0.717) is 11.7 Å². The van der Waals surface area contributed by atoms with E-state index in [-0.39, 0.29) is 24.5 Å². The highest BCUT2D eigenvalue weighted by Gasteiger charge is 2.41. The smallest absolute Gasteiger partial charge is 0.307 e. The highest BCUT2D eigenvalue weighted by atomic mass is 32.1. The second-order valence-electron chi connectivity index (χ2n) is 9.06. The van der Waals surface area contributed by atoms with Crippen molar-refractivity contribution in [3.63, 3.8) is 0 Å². The number of benzene rings is 1. The summed E-state index contributed by atoms with van der Waals surface area (Å²) in [7, 11) is 1.41. The molecule has 1 saturated heterocycles. The van der Waals surface area contributed by atoms with Crippen LogP contribution in [-0.4, -0.2) is 39.2 Å². The largest absolute Gasteiger partial charge is 0.469 e. The van der Waals surface area contributed by atoms with Gasteiger partial charge in [-0.15, -0.1) is 0 Å². The lowest BCUT2D eigenvalue weighted by molar-refractivity contribution is -0.140. The Morgan fingerprint density at radius 1 is 1.12 bits per heavy atom. The summed E-state index contributed by atoms with van der Waals surface area (Å²) < 4.78 is 7.23.